The molecule has 0 bridgehead atoms. The van der Waals surface area contributed by atoms with E-state index in [9.17, 15) is 18.4 Å². The van der Waals surface area contributed by atoms with Gasteiger partial charge in [0.2, 0.25) is 5.43 Å². The normalized spacial score (nSPS) is 10.7. The molecule has 0 saturated carbocycles. The lowest BCUT2D eigenvalue weighted by molar-refractivity contribution is 0.102. The fourth-order valence-electron chi connectivity index (χ4n) is 3.59. The number of fused-ring (bicyclic) bond motifs is 1. The Kier molecular flexibility index (Phi) is 6.18. The van der Waals surface area contributed by atoms with Gasteiger partial charge in [-0.25, -0.2) is 8.78 Å². The van der Waals surface area contributed by atoms with E-state index in [2.05, 4.69) is 5.32 Å². The van der Waals surface area contributed by atoms with Crippen LogP contribution in [0.15, 0.2) is 65.6 Å². The number of hydrogen-bond acceptors (Lipinski definition) is 5. The van der Waals surface area contributed by atoms with Crippen LogP contribution in [0.1, 0.15) is 10.4 Å². The highest BCUT2D eigenvalue weighted by Gasteiger charge is 2.19. The van der Waals surface area contributed by atoms with Crippen molar-refractivity contribution in [1.82, 2.24) is 4.57 Å². The number of nitrogens with zero attached hydrogens (tertiary/aromatic N) is 1. The van der Waals surface area contributed by atoms with Gasteiger partial charge in [-0.2, -0.15) is 0 Å². The Morgan fingerprint density at radius 3 is 2.06 bits per heavy atom. The molecule has 4 rings (SSSR count). The van der Waals surface area contributed by atoms with E-state index in [1.54, 1.807) is 42.0 Å². The number of pyridine rings is 1. The highest BCUT2D eigenvalue weighted by Crippen LogP contribution is 2.32. The maximum absolute atomic E-state index is 13.6. The van der Waals surface area contributed by atoms with Gasteiger partial charge in [0, 0.05) is 29.7 Å². The average molecular weight is 466 g/mol. The van der Waals surface area contributed by atoms with E-state index in [-0.39, 0.29) is 16.6 Å². The van der Waals surface area contributed by atoms with Crippen molar-refractivity contribution in [3.63, 3.8) is 0 Å². The molecule has 0 atom stereocenters. The lowest BCUT2D eigenvalue weighted by atomic mass is 10.1. The Morgan fingerprint density at radius 1 is 0.853 bits per heavy atom. The summed E-state index contributed by atoms with van der Waals surface area (Å²) in [6.07, 6.45) is 1.36. The second kappa shape index (κ2) is 9.22. The molecule has 34 heavy (non-hydrogen) atoms. The van der Waals surface area contributed by atoms with E-state index in [0.29, 0.717) is 34.5 Å². The van der Waals surface area contributed by atoms with Crippen LogP contribution in [-0.2, 0) is 0 Å². The number of carbonyl (C=O) groups is 1. The highest BCUT2D eigenvalue weighted by molar-refractivity contribution is 6.06. The van der Waals surface area contributed by atoms with Crippen molar-refractivity contribution in [1.29, 1.82) is 0 Å². The SMILES string of the molecule is COc1ccc(-n2cc(C(=O)Nc3cc(F)cc(F)c3)c(=O)c3cc(OC)c(OC)cc32)cc1. The summed E-state index contributed by atoms with van der Waals surface area (Å²) in [5.41, 5.74) is 0.144. The summed E-state index contributed by atoms with van der Waals surface area (Å²) in [6, 6.07) is 12.7. The summed E-state index contributed by atoms with van der Waals surface area (Å²) in [7, 11) is 4.44. The number of hydrogen-bond donors (Lipinski definition) is 1. The third-order valence-electron chi connectivity index (χ3n) is 5.22. The number of aromatic nitrogens is 1. The van der Waals surface area contributed by atoms with E-state index >= 15 is 0 Å². The molecule has 0 aliphatic carbocycles. The molecule has 0 spiro atoms. The second-order valence-electron chi connectivity index (χ2n) is 7.28. The molecule has 0 saturated heterocycles. The first kappa shape index (κ1) is 22.8. The van der Waals surface area contributed by atoms with Gasteiger partial charge < -0.3 is 24.1 Å². The van der Waals surface area contributed by atoms with Gasteiger partial charge in [-0.1, -0.05) is 0 Å². The zero-order valence-electron chi connectivity index (χ0n) is 18.5. The molecule has 0 unspecified atom stereocenters. The molecule has 7 nitrogen and oxygen atoms in total. The standard InChI is InChI=1S/C25H20F2N2O5/c1-32-18-6-4-17(5-7-18)29-13-20(25(31)28-16-9-14(26)8-15(27)10-16)24(30)19-11-22(33-2)23(34-3)12-21(19)29/h4-13H,1-3H3,(H,28,31). The predicted octanol–water partition coefficient (Wildman–Crippen LogP) is 4.55. The van der Waals surface area contributed by atoms with Crippen molar-refractivity contribution in [3.8, 4) is 22.9 Å². The van der Waals surface area contributed by atoms with Crippen molar-refractivity contribution in [2.45, 2.75) is 0 Å². The van der Waals surface area contributed by atoms with Gasteiger partial charge in [-0.15, -0.1) is 0 Å². The molecule has 0 fully saturated rings. The van der Waals surface area contributed by atoms with Crippen LogP contribution < -0.4 is 25.0 Å². The van der Waals surface area contributed by atoms with Gasteiger partial charge in [-0.3, -0.25) is 9.59 Å². The maximum Gasteiger partial charge on any atom is 0.261 e. The highest BCUT2D eigenvalue weighted by atomic mass is 19.1. The first-order valence-electron chi connectivity index (χ1n) is 10.1. The number of benzene rings is 3. The van der Waals surface area contributed by atoms with Gasteiger partial charge in [0.1, 0.15) is 22.9 Å². The van der Waals surface area contributed by atoms with Crippen LogP contribution in [0.3, 0.4) is 0 Å². The minimum Gasteiger partial charge on any atom is -0.497 e. The maximum atomic E-state index is 13.6. The molecule has 0 radical (unpaired) electrons. The number of ether oxygens (including phenoxy) is 3. The Bertz CT molecular complexity index is 1430. The number of rotatable bonds is 6. The largest absolute Gasteiger partial charge is 0.497 e. The number of methoxy groups -OCH3 is 3. The summed E-state index contributed by atoms with van der Waals surface area (Å²) in [5, 5.41) is 2.57. The third-order valence-corrected chi connectivity index (χ3v) is 5.22. The number of carbonyl (C=O) groups excluding carboxylic acids is 1. The zero-order valence-corrected chi connectivity index (χ0v) is 18.5. The van der Waals surface area contributed by atoms with Crippen molar-refractivity contribution < 1.29 is 27.8 Å². The van der Waals surface area contributed by atoms with Crippen molar-refractivity contribution in [3.05, 3.63) is 88.2 Å². The number of nitrogens with one attached hydrogen (secondary N) is 1. The van der Waals surface area contributed by atoms with E-state index in [4.69, 9.17) is 14.2 Å². The minimum atomic E-state index is -0.860. The molecule has 1 amide bonds. The lowest BCUT2D eigenvalue weighted by Crippen LogP contribution is -2.24. The van der Waals surface area contributed by atoms with Gasteiger partial charge in [0.25, 0.3) is 5.91 Å². The van der Waals surface area contributed by atoms with Gasteiger partial charge in [-0.05, 0) is 42.5 Å². The van der Waals surface area contributed by atoms with Gasteiger partial charge >= 0.3 is 0 Å². The van der Waals surface area contributed by atoms with Crippen LogP contribution in [0, 0.1) is 11.6 Å². The van der Waals surface area contributed by atoms with Crippen LogP contribution in [0.5, 0.6) is 17.2 Å². The minimum absolute atomic E-state index is 0.120. The summed E-state index contributed by atoms with van der Waals surface area (Å²) >= 11 is 0. The zero-order chi connectivity index (χ0) is 24.4. The molecule has 9 heteroatoms. The molecular weight excluding hydrogens is 446 g/mol. The van der Waals surface area contributed by atoms with Crippen molar-refractivity contribution in [2.24, 2.45) is 0 Å². The quantitative estimate of drug-likeness (QED) is 0.451. The van der Waals surface area contributed by atoms with Crippen molar-refractivity contribution >= 4 is 22.5 Å². The van der Waals surface area contributed by atoms with Gasteiger partial charge in [0.15, 0.2) is 11.5 Å². The summed E-state index contributed by atoms with van der Waals surface area (Å²) in [4.78, 5) is 26.3. The lowest BCUT2D eigenvalue weighted by Gasteiger charge is -2.16. The summed E-state index contributed by atoms with van der Waals surface area (Å²) in [5.74, 6) is -1.22. The molecule has 1 aromatic heterocycles. The molecule has 4 aromatic rings. The van der Waals surface area contributed by atoms with Crippen LogP contribution in [0.4, 0.5) is 14.5 Å². The molecule has 0 aliphatic heterocycles. The topological polar surface area (TPSA) is 78.8 Å². The second-order valence-corrected chi connectivity index (χ2v) is 7.28. The average Bonchev–Trinajstić information content (AvgIpc) is 2.83. The Morgan fingerprint density at radius 2 is 1.47 bits per heavy atom. The van der Waals surface area contributed by atoms with E-state index in [1.165, 1.54) is 26.5 Å². The van der Waals surface area contributed by atoms with Gasteiger partial charge in [0.05, 0.1) is 32.2 Å². The van der Waals surface area contributed by atoms with E-state index in [0.717, 1.165) is 12.1 Å². The predicted molar refractivity (Wildman–Crippen MR) is 124 cm³/mol. The van der Waals surface area contributed by atoms with Crippen LogP contribution in [-0.4, -0.2) is 31.8 Å². The van der Waals surface area contributed by atoms with Crippen LogP contribution in [0.2, 0.25) is 0 Å². The van der Waals surface area contributed by atoms with Crippen molar-refractivity contribution in [2.75, 3.05) is 26.6 Å². The first-order valence-corrected chi connectivity index (χ1v) is 10.1. The molecule has 1 N–H and O–H groups in total. The smallest absolute Gasteiger partial charge is 0.261 e. The summed E-state index contributed by atoms with van der Waals surface area (Å²) in [6.45, 7) is 0. The van der Waals surface area contributed by atoms with E-state index in [1.807, 2.05) is 0 Å². The fraction of sp³-hybridized carbons (Fsp3) is 0.120. The number of anilines is 1. The number of halogens is 2. The molecule has 3 aromatic carbocycles. The van der Waals surface area contributed by atoms with Crippen LogP contribution >= 0.6 is 0 Å². The first-order chi connectivity index (χ1) is 16.3. The molecule has 174 valence electrons. The number of amides is 1. The molecular formula is C25H20F2N2O5. The fourth-order valence-corrected chi connectivity index (χ4v) is 3.59. The van der Waals surface area contributed by atoms with E-state index < -0.39 is 23.0 Å². The Hall–Kier alpha value is -4.40. The monoisotopic (exact) mass is 466 g/mol. The summed E-state index contributed by atoms with van der Waals surface area (Å²) < 4.78 is 44.7. The molecule has 0 aliphatic rings. The Balaban J connectivity index is 1.93. The Labute approximate surface area is 193 Å². The molecule has 1 heterocycles. The third kappa shape index (κ3) is 4.27. The van der Waals surface area contributed by atoms with Crippen LogP contribution in [0.25, 0.3) is 16.6 Å².